The fourth-order valence-electron chi connectivity index (χ4n) is 1.74. The number of hydrogen-bond donors (Lipinski definition) is 0. The molecule has 17 heavy (non-hydrogen) atoms. The minimum atomic E-state index is -0.0788. The second-order valence-corrected chi connectivity index (χ2v) is 3.78. The minimum Gasteiger partial charge on any atom is -0.453 e. The molecule has 0 atom stereocenters. The number of benzene rings is 1. The Labute approximate surface area is 97.5 Å². The summed E-state index contributed by atoms with van der Waals surface area (Å²) >= 11 is 0. The molecule has 0 amide bonds. The maximum atomic E-state index is 11.9. The Bertz CT molecular complexity index is 620. The van der Waals surface area contributed by atoms with Crippen molar-refractivity contribution in [3.05, 3.63) is 54.6 Å². The number of fused-ring (bicyclic) bond motifs is 1. The summed E-state index contributed by atoms with van der Waals surface area (Å²) in [4.78, 5) is 11.9. The monoisotopic (exact) mass is 226 g/mol. The van der Waals surface area contributed by atoms with Crippen LogP contribution < -0.4 is 0 Å². The molecule has 2 heterocycles. The largest absolute Gasteiger partial charge is 0.453 e. The number of Topliss-reactive ketones (excluding diaryl/α,β-unsaturated/α-hetero) is 1. The van der Waals surface area contributed by atoms with Crippen LogP contribution in [0.2, 0.25) is 0 Å². The zero-order valence-corrected chi connectivity index (χ0v) is 9.04. The number of hydrogen-bond acceptors (Lipinski definition) is 3. The summed E-state index contributed by atoms with van der Waals surface area (Å²) in [5.74, 6) is 0.298. The standard InChI is InChI=1S/C13H10N2O2/c16-11(9-15-7-3-6-14-15)13-8-10-4-1-2-5-12(10)17-13/h1-8H,9H2. The van der Waals surface area contributed by atoms with Crippen LogP contribution in [0.25, 0.3) is 11.0 Å². The van der Waals surface area contributed by atoms with E-state index in [2.05, 4.69) is 5.10 Å². The van der Waals surface area contributed by atoms with Gasteiger partial charge in [-0.15, -0.1) is 0 Å². The van der Waals surface area contributed by atoms with Crippen molar-refractivity contribution in [3.8, 4) is 0 Å². The highest BCUT2D eigenvalue weighted by Crippen LogP contribution is 2.19. The van der Waals surface area contributed by atoms with Crippen LogP contribution in [0.15, 0.2) is 53.2 Å². The Morgan fingerprint density at radius 2 is 2.18 bits per heavy atom. The van der Waals surface area contributed by atoms with E-state index in [-0.39, 0.29) is 12.3 Å². The predicted molar refractivity (Wildman–Crippen MR) is 62.8 cm³/mol. The molecule has 4 nitrogen and oxygen atoms in total. The molecule has 0 spiro atoms. The number of rotatable bonds is 3. The van der Waals surface area contributed by atoms with Gasteiger partial charge in [-0.3, -0.25) is 9.48 Å². The number of carbonyl (C=O) groups is 1. The smallest absolute Gasteiger partial charge is 0.219 e. The number of furan rings is 1. The normalized spacial score (nSPS) is 10.8. The predicted octanol–water partition coefficient (Wildman–Crippen LogP) is 2.51. The van der Waals surface area contributed by atoms with E-state index in [1.807, 2.05) is 24.3 Å². The summed E-state index contributed by atoms with van der Waals surface area (Å²) in [6.45, 7) is 0.201. The molecule has 0 saturated carbocycles. The third-order valence-electron chi connectivity index (χ3n) is 2.57. The van der Waals surface area contributed by atoms with E-state index in [9.17, 15) is 4.79 Å². The molecule has 0 radical (unpaired) electrons. The van der Waals surface area contributed by atoms with E-state index >= 15 is 0 Å². The Balaban J connectivity index is 1.90. The molecule has 3 rings (SSSR count). The SMILES string of the molecule is O=C(Cn1cccn1)c1cc2ccccc2o1. The van der Waals surface area contributed by atoms with Crippen LogP contribution in [0, 0.1) is 0 Å². The molecule has 0 bridgehead atoms. The minimum absolute atomic E-state index is 0.0788. The average Bonchev–Trinajstić information content (AvgIpc) is 2.96. The molecule has 2 aromatic heterocycles. The van der Waals surface area contributed by atoms with Crippen molar-refractivity contribution in [3.63, 3.8) is 0 Å². The number of carbonyl (C=O) groups excluding carboxylic acids is 1. The van der Waals surface area contributed by atoms with E-state index in [1.54, 1.807) is 29.2 Å². The van der Waals surface area contributed by atoms with Crippen LogP contribution in [0.3, 0.4) is 0 Å². The van der Waals surface area contributed by atoms with Gasteiger partial charge in [0.05, 0.1) is 0 Å². The molecule has 3 aromatic rings. The summed E-state index contributed by atoms with van der Waals surface area (Å²) < 4.78 is 7.07. The van der Waals surface area contributed by atoms with E-state index in [1.165, 1.54) is 0 Å². The Hall–Kier alpha value is -2.36. The third kappa shape index (κ3) is 1.85. The van der Waals surface area contributed by atoms with Crippen molar-refractivity contribution in [2.75, 3.05) is 0 Å². The van der Waals surface area contributed by atoms with Crippen molar-refractivity contribution in [1.29, 1.82) is 0 Å². The van der Waals surface area contributed by atoms with Crippen LogP contribution in [-0.4, -0.2) is 15.6 Å². The number of ketones is 1. The number of aromatic nitrogens is 2. The van der Waals surface area contributed by atoms with Crippen molar-refractivity contribution in [2.24, 2.45) is 0 Å². The van der Waals surface area contributed by atoms with Crippen molar-refractivity contribution < 1.29 is 9.21 Å². The van der Waals surface area contributed by atoms with Crippen molar-refractivity contribution in [1.82, 2.24) is 9.78 Å². The highest BCUT2D eigenvalue weighted by Gasteiger charge is 2.12. The lowest BCUT2D eigenvalue weighted by atomic mass is 10.2. The Morgan fingerprint density at radius 1 is 1.29 bits per heavy atom. The van der Waals surface area contributed by atoms with Gasteiger partial charge >= 0.3 is 0 Å². The molecular weight excluding hydrogens is 216 g/mol. The fourth-order valence-corrected chi connectivity index (χ4v) is 1.74. The first kappa shape index (κ1) is 9.84. The Kier molecular flexibility index (Phi) is 2.26. The fraction of sp³-hybridized carbons (Fsp3) is 0.0769. The van der Waals surface area contributed by atoms with Crippen LogP contribution >= 0.6 is 0 Å². The van der Waals surface area contributed by atoms with Gasteiger partial charge in [0.1, 0.15) is 12.1 Å². The van der Waals surface area contributed by atoms with Gasteiger partial charge in [-0.25, -0.2) is 0 Å². The summed E-state index contributed by atoms with van der Waals surface area (Å²) in [6, 6.07) is 11.1. The first-order valence-corrected chi connectivity index (χ1v) is 5.32. The molecule has 0 fully saturated rings. The zero-order valence-electron chi connectivity index (χ0n) is 9.04. The highest BCUT2D eigenvalue weighted by molar-refractivity contribution is 5.97. The molecule has 1 aromatic carbocycles. The molecular formula is C13H10N2O2. The van der Waals surface area contributed by atoms with Gasteiger partial charge in [0.2, 0.25) is 5.78 Å². The molecule has 0 unspecified atom stereocenters. The molecule has 84 valence electrons. The van der Waals surface area contributed by atoms with Crippen LogP contribution in [-0.2, 0) is 6.54 Å². The second-order valence-electron chi connectivity index (χ2n) is 3.78. The zero-order chi connectivity index (χ0) is 11.7. The van der Waals surface area contributed by atoms with E-state index in [0.717, 1.165) is 11.0 Å². The third-order valence-corrected chi connectivity index (χ3v) is 2.57. The van der Waals surface area contributed by atoms with Gasteiger partial charge < -0.3 is 4.42 Å². The number of para-hydroxylation sites is 1. The molecule has 0 aliphatic rings. The lowest BCUT2D eigenvalue weighted by Crippen LogP contribution is -2.09. The highest BCUT2D eigenvalue weighted by atomic mass is 16.3. The maximum Gasteiger partial charge on any atom is 0.219 e. The quantitative estimate of drug-likeness (QED) is 0.645. The average molecular weight is 226 g/mol. The van der Waals surface area contributed by atoms with Gasteiger partial charge in [-0.05, 0) is 18.2 Å². The van der Waals surface area contributed by atoms with Crippen molar-refractivity contribution >= 4 is 16.8 Å². The lowest BCUT2D eigenvalue weighted by Gasteiger charge is -1.97. The van der Waals surface area contributed by atoms with Gasteiger partial charge in [0.15, 0.2) is 5.76 Å². The number of nitrogens with zero attached hydrogens (tertiary/aromatic N) is 2. The second kappa shape index (κ2) is 3.90. The molecule has 0 N–H and O–H groups in total. The molecule has 0 aliphatic heterocycles. The molecule has 0 saturated heterocycles. The summed E-state index contributed by atoms with van der Waals surface area (Å²) in [6.07, 6.45) is 3.40. The van der Waals surface area contributed by atoms with Gasteiger partial charge in [0, 0.05) is 17.8 Å². The first-order valence-electron chi connectivity index (χ1n) is 5.32. The lowest BCUT2D eigenvalue weighted by molar-refractivity contribution is 0.0942. The van der Waals surface area contributed by atoms with Crippen LogP contribution in [0.1, 0.15) is 10.6 Å². The summed E-state index contributed by atoms with van der Waals surface area (Å²) in [5.41, 5.74) is 0.733. The van der Waals surface area contributed by atoms with Gasteiger partial charge in [-0.1, -0.05) is 18.2 Å². The van der Waals surface area contributed by atoms with Crippen molar-refractivity contribution in [2.45, 2.75) is 6.54 Å². The van der Waals surface area contributed by atoms with E-state index < -0.39 is 0 Å². The topological polar surface area (TPSA) is 48.0 Å². The molecule has 4 heteroatoms. The van der Waals surface area contributed by atoms with Gasteiger partial charge in [0.25, 0.3) is 0 Å². The van der Waals surface area contributed by atoms with E-state index in [4.69, 9.17) is 4.42 Å². The maximum absolute atomic E-state index is 11.9. The molecule has 0 aliphatic carbocycles. The Morgan fingerprint density at radius 3 is 2.94 bits per heavy atom. The first-order chi connectivity index (χ1) is 8.33. The van der Waals surface area contributed by atoms with Crippen LogP contribution in [0.4, 0.5) is 0 Å². The summed E-state index contributed by atoms with van der Waals surface area (Å²) in [7, 11) is 0. The van der Waals surface area contributed by atoms with Crippen LogP contribution in [0.5, 0.6) is 0 Å². The van der Waals surface area contributed by atoms with Gasteiger partial charge in [-0.2, -0.15) is 5.10 Å². The summed E-state index contributed by atoms with van der Waals surface area (Å²) in [5, 5.41) is 4.93. The van der Waals surface area contributed by atoms with E-state index in [0.29, 0.717) is 5.76 Å².